The third-order valence-electron chi connectivity index (χ3n) is 5.58. The van der Waals surface area contributed by atoms with E-state index in [1.54, 1.807) is 11.0 Å². The molecule has 0 aromatic heterocycles. The molecule has 2 aliphatic rings. The summed E-state index contributed by atoms with van der Waals surface area (Å²) >= 11 is 12.5. The Morgan fingerprint density at radius 3 is 2.53 bits per heavy atom. The Kier molecular flexibility index (Phi) is 6.27. The molecule has 2 aromatic carbocycles. The average Bonchev–Trinajstić information content (AvgIpc) is 3.07. The molecule has 0 radical (unpaired) electrons. The van der Waals surface area contributed by atoms with Gasteiger partial charge in [-0.25, -0.2) is 4.79 Å². The first kappa shape index (κ1) is 23.4. The van der Waals surface area contributed by atoms with Gasteiger partial charge in [0.25, 0.3) is 0 Å². The summed E-state index contributed by atoms with van der Waals surface area (Å²) < 4.78 is 17.6. The van der Waals surface area contributed by atoms with Crippen LogP contribution in [0.2, 0.25) is 10.0 Å². The van der Waals surface area contributed by atoms with E-state index in [4.69, 9.17) is 37.2 Å². The first-order chi connectivity index (χ1) is 14.9. The summed E-state index contributed by atoms with van der Waals surface area (Å²) in [6.07, 6.45) is -0.340. The van der Waals surface area contributed by atoms with Gasteiger partial charge >= 0.3 is 13.2 Å². The Labute approximate surface area is 200 Å². The summed E-state index contributed by atoms with van der Waals surface area (Å²) in [5.74, 6) is -0.0584. The average molecular weight is 476 g/mol. The third-order valence-corrected chi connectivity index (χ3v) is 6.32. The maximum Gasteiger partial charge on any atom is 0.494 e. The zero-order valence-corrected chi connectivity index (χ0v) is 20.6. The molecule has 0 saturated carbocycles. The van der Waals surface area contributed by atoms with Crippen molar-refractivity contribution in [2.45, 2.75) is 58.3 Å². The zero-order valence-electron chi connectivity index (χ0n) is 19.1. The molecule has 1 amide bonds. The van der Waals surface area contributed by atoms with Crippen molar-refractivity contribution < 1.29 is 18.8 Å². The SMILES string of the molecule is CC(C)(C)OC(=O)N1Cc2cc(B3OCC(C)(C)O3)ccc2C(c2ccc(Cl)c(Cl)c2)C1. The van der Waals surface area contributed by atoms with E-state index in [1.165, 1.54) is 0 Å². The molecule has 32 heavy (non-hydrogen) atoms. The lowest BCUT2D eigenvalue weighted by molar-refractivity contribution is 0.0213. The van der Waals surface area contributed by atoms with Crippen LogP contribution < -0.4 is 5.46 Å². The molecular formula is C24H28BCl2NO4. The Morgan fingerprint density at radius 2 is 1.91 bits per heavy atom. The molecule has 8 heteroatoms. The lowest BCUT2D eigenvalue weighted by Gasteiger charge is -2.36. The molecule has 1 unspecified atom stereocenters. The largest absolute Gasteiger partial charge is 0.494 e. The quantitative estimate of drug-likeness (QED) is 0.546. The number of carbonyl (C=O) groups is 1. The number of carbonyl (C=O) groups excluding carboxylic acids is 1. The van der Waals surface area contributed by atoms with Crippen LogP contribution in [0.3, 0.4) is 0 Å². The number of rotatable bonds is 2. The van der Waals surface area contributed by atoms with E-state index in [2.05, 4.69) is 12.1 Å². The maximum absolute atomic E-state index is 13.0. The first-order valence-electron chi connectivity index (χ1n) is 10.8. The summed E-state index contributed by atoms with van der Waals surface area (Å²) in [5.41, 5.74) is 3.21. The highest BCUT2D eigenvalue weighted by atomic mass is 35.5. The molecule has 2 aromatic rings. The molecule has 5 nitrogen and oxygen atoms in total. The number of nitrogens with zero attached hydrogens (tertiary/aromatic N) is 1. The first-order valence-corrected chi connectivity index (χ1v) is 11.5. The van der Waals surface area contributed by atoms with Crippen molar-refractivity contribution in [2.75, 3.05) is 13.2 Å². The number of benzene rings is 2. The van der Waals surface area contributed by atoms with Gasteiger partial charge in [-0.3, -0.25) is 0 Å². The fourth-order valence-corrected chi connectivity index (χ4v) is 4.42. The van der Waals surface area contributed by atoms with Crippen molar-refractivity contribution in [1.82, 2.24) is 4.90 Å². The minimum absolute atomic E-state index is 0.0584. The lowest BCUT2D eigenvalue weighted by Crippen LogP contribution is -2.43. The minimum Gasteiger partial charge on any atom is -0.444 e. The number of halogens is 2. The fourth-order valence-electron chi connectivity index (χ4n) is 4.12. The molecule has 170 valence electrons. The molecule has 1 atom stereocenters. The van der Waals surface area contributed by atoms with Crippen molar-refractivity contribution in [3.05, 3.63) is 63.1 Å². The van der Waals surface area contributed by atoms with Crippen LogP contribution in [-0.4, -0.2) is 42.5 Å². The second kappa shape index (κ2) is 8.56. The number of ether oxygens (including phenoxy) is 1. The molecular weight excluding hydrogens is 448 g/mol. The van der Waals surface area contributed by atoms with Gasteiger partial charge in [-0.15, -0.1) is 0 Å². The van der Waals surface area contributed by atoms with Crippen LogP contribution in [-0.2, 0) is 20.6 Å². The summed E-state index contributed by atoms with van der Waals surface area (Å²) in [7, 11) is -0.421. The van der Waals surface area contributed by atoms with E-state index in [0.29, 0.717) is 29.7 Å². The van der Waals surface area contributed by atoms with Crippen molar-refractivity contribution in [1.29, 1.82) is 0 Å². The maximum atomic E-state index is 13.0. The van der Waals surface area contributed by atoms with Crippen molar-refractivity contribution in [2.24, 2.45) is 0 Å². The highest BCUT2D eigenvalue weighted by Crippen LogP contribution is 2.36. The van der Waals surface area contributed by atoms with Crippen LogP contribution in [0, 0.1) is 0 Å². The van der Waals surface area contributed by atoms with Gasteiger partial charge in [-0.2, -0.15) is 0 Å². The van der Waals surface area contributed by atoms with Crippen LogP contribution in [0.1, 0.15) is 57.2 Å². The van der Waals surface area contributed by atoms with Crippen molar-refractivity contribution in [3.8, 4) is 0 Å². The number of fused-ring (bicyclic) bond motifs is 1. The molecule has 1 fully saturated rings. The van der Waals surface area contributed by atoms with Crippen LogP contribution in [0.4, 0.5) is 4.79 Å². The summed E-state index contributed by atoms with van der Waals surface area (Å²) in [6, 6.07) is 11.8. The summed E-state index contributed by atoms with van der Waals surface area (Å²) in [4.78, 5) is 14.7. The highest BCUT2D eigenvalue weighted by Gasteiger charge is 2.39. The van der Waals surface area contributed by atoms with Crippen LogP contribution in [0.5, 0.6) is 0 Å². The smallest absolute Gasteiger partial charge is 0.444 e. The van der Waals surface area contributed by atoms with Crippen molar-refractivity contribution >= 4 is 41.9 Å². The molecule has 4 rings (SSSR count). The van der Waals surface area contributed by atoms with E-state index in [9.17, 15) is 4.79 Å². The number of hydrogen-bond donors (Lipinski definition) is 0. The number of amides is 1. The monoisotopic (exact) mass is 475 g/mol. The Balaban J connectivity index is 1.71. The predicted octanol–water partition coefficient (Wildman–Crippen LogP) is 5.40. The van der Waals surface area contributed by atoms with Crippen LogP contribution in [0.25, 0.3) is 0 Å². The topological polar surface area (TPSA) is 48.0 Å². The zero-order chi connectivity index (χ0) is 23.3. The molecule has 0 bridgehead atoms. The lowest BCUT2D eigenvalue weighted by atomic mass is 9.75. The van der Waals surface area contributed by atoms with Crippen molar-refractivity contribution in [3.63, 3.8) is 0 Å². The van der Waals surface area contributed by atoms with Gasteiger partial charge in [0.15, 0.2) is 0 Å². The second-order valence-electron chi connectivity index (χ2n) is 10.1. The highest BCUT2D eigenvalue weighted by molar-refractivity contribution is 6.61. The number of hydrogen-bond acceptors (Lipinski definition) is 4. The van der Waals surface area contributed by atoms with Gasteiger partial charge < -0.3 is 18.9 Å². The van der Waals surface area contributed by atoms with E-state index in [-0.39, 0.29) is 17.6 Å². The Hall–Kier alpha value is -1.73. The normalized spacial score (nSPS) is 20.3. The predicted molar refractivity (Wildman–Crippen MR) is 128 cm³/mol. The van der Waals surface area contributed by atoms with Crippen LogP contribution in [0.15, 0.2) is 36.4 Å². The van der Waals surface area contributed by atoms with Gasteiger partial charge in [0, 0.05) is 19.0 Å². The van der Waals surface area contributed by atoms with Crippen LogP contribution >= 0.6 is 23.2 Å². The molecule has 2 heterocycles. The molecule has 2 aliphatic heterocycles. The second-order valence-corrected chi connectivity index (χ2v) is 10.9. The minimum atomic E-state index is -0.574. The molecule has 0 N–H and O–H groups in total. The van der Waals surface area contributed by atoms with Gasteiger partial charge in [0.2, 0.25) is 0 Å². The molecule has 1 saturated heterocycles. The van der Waals surface area contributed by atoms with E-state index in [1.807, 2.05) is 52.8 Å². The third kappa shape index (κ3) is 5.09. The van der Waals surface area contributed by atoms with Gasteiger partial charge in [0.1, 0.15) is 5.60 Å². The fraction of sp³-hybridized carbons (Fsp3) is 0.458. The van der Waals surface area contributed by atoms with E-state index in [0.717, 1.165) is 22.2 Å². The molecule has 0 aliphatic carbocycles. The van der Waals surface area contributed by atoms with E-state index < -0.39 is 12.7 Å². The molecule has 0 spiro atoms. The Morgan fingerprint density at radius 1 is 1.16 bits per heavy atom. The van der Waals surface area contributed by atoms with Gasteiger partial charge in [-0.1, -0.05) is 47.5 Å². The van der Waals surface area contributed by atoms with E-state index >= 15 is 0 Å². The standard InChI is InChI=1S/C24H28BCl2NO4/c1-23(2,3)31-22(29)28-12-16-10-17(25-30-14-24(4,5)32-25)7-8-18(16)19(13-28)15-6-9-20(26)21(27)11-15/h6-11,19H,12-14H2,1-5H3. The Bertz CT molecular complexity index is 1040. The summed E-state index contributed by atoms with van der Waals surface area (Å²) in [5, 5.41) is 0.996. The van der Waals surface area contributed by atoms with Gasteiger partial charge in [-0.05, 0) is 68.9 Å². The summed E-state index contributed by atoms with van der Waals surface area (Å²) in [6.45, 7) is 11.1. The van der Waals surface area contributed by atoms with Gasteiger partial charge in [0.05, 0.1) is 22.3 Å².